The normalized spacial score (nSPS) is 17.8. The predicted molar refractivity (Wildman–Crippen MR) is 176 cm³/mol. The fraction of sp³-hybridized carbons (Fsp3) is 0.412. The van der Waals surface area contributed by atoms with E-state index in [-0.39, 0.29) is 24.0 Å². The second-order valence-electron chi connectivity index (χ2n) is 12.2. The number of halogens is 6. The molecular formula is C34H37ClF5N3O6S. The first-order chi connectivity index (χ1) is 23.5. The number of rotatable bonds is 10. The van der Waals surface area contributed by atoms with Gasteiger partial charge in [-0.2, -0.15) is 26.7 Å². The van der Waals surface area contributed by atoms with E-state index >= 15 is 8.78 Å². The second-order valence-corrected chi connectivity index (χ2v) is 14.3. The molecule has 2 fully saturated rings. The molecule has 0 bridgehead atoms. The monoisotopic (exact) mass is 745 g/mol. The summed E-state index contributed by atoms with van der Waals surface area (Å²) >= 11 is 5.95. The number of alkyl halides is 5. The molecular weight excluding hydrogens is 709 g/mol. The van der Waals surface area contributed by atoms with Crippen molar-refractivity contribution in [3.63, 3.8) is 0 Å². The molecule has 1 aliphatic heterocycles. The van der Waals surface area contributed by atoms with Gasteiger partial charge in [0.2, 0.25) is 15.9 Å². The maximum atomic E-state index is 16.2. The highest BCUT2D eigenvalue weighted by Crippen LogP contribution is 2.36. The number of sulfonamides is 1. The second kappa shape index (κ2) is 16.5. The van der Waals surface area contributed by atoms with Crippen LogP contribution in [0, 0.1) is 5.92 Å². The predicted octanol–water partition coefficient (Wildman–Crippen LogP) is 6.60. The molecule has 3 aromatic rings. The van der Waals surface area contributed by atoms with Gasteiger partial charge in [-0.05, 0) is 72.7 Å². The number of aliphatic carboxylic acids is 1. The number of hydrogen-bond acceptors (Lipinski definition) is 6. The molecule has 3 aromatic carbocycles. The van der Waals surface area contributed by atoms with Gasteiger partial charge in [-0.1, -0.05) is 67.3 Å². The van der Waals surface area contributed by atoms with Crippen LogP contribution in [0.15, 0.2) is 77.7 Å². The van der Waals surface area contributed by atoms with Crippen LogP contribution >= 0.6 is 11.6 Å². The first kappa shape index (κ1) is 39.0. The minimum Gasteiger partial charge on any atom is -0.493 e. The molecule has 16 heteroatoms. The summed E-state index contributed by atoms with van der Waals surface area (Å²) in [4.78, 5) is 23.3. The van der Waals surface area contributed by atoms with Crippen molar-refractivity contribution in [1.29, 1.82) is 0 Å². The van der Waals surface area contributed by atoms with Gasteiger partial charge >= 0.3 is 12.1 Å². The number of carboxylic acid groups (broad SMARTS) is 1. The SMILES string of the molecule is N[C@H]1CCN(C(=O)[C@H](NS(=O)(=O)c2ccc(OCC3CCCCC3)cc2)C(F)(F)c2ccc(-c3ccc(Cl)cc3)cc2)C1.O=C(O)C(F)(F)F. The van der Waals surface area contributed by atoms with Crippen LogP contribution in [0.25, 0.3) is 11.1 Å². The molecule has 1 saturated heterocycles. The van der Waals surface area contributed by atoms with Crippen molar-refractivity contribution in [3.8, 4) is 16.9 Å². The Bertz CT molecular complexity index is 1700. The molecule has 1 amide bonds. The van der Waals surface area contributed by atoms with E-state index in [2.05, 4.69) is 0 Å². The van der Waals surface area contributed by atoms with E-state index < -0.39 is 45.6 Å². The van der Waals surface area contributed by atoms with Gasteiger partial charge in [-0.3, -0.25) is 4.79 Å². The molecule has 5 rings (SSSR count). The fourth-order valence-electron chi connectivity index (χ4n) is 5.65. The molecule has 0 spiro atoms. The molecule has 50 heavy (non-hydrogen) atoms. The summed E-state index contributed by atoms with van der Waals surface area (Å²) in [6.45, 7) is 0.772. The summed E-state index contributed by atoms with van der Waals surface area (Å²) in [7, 11) is -4.52. The topological polar surface area (TPSA) is 139 Å². The van der Waals surface area contributed by atoms with Crippen molar-refractivity contribution in [2.24, 2.45) is 11.7 Å². The summed E-state index contributed by atoms with van der Waals surface area (Å²) in [6, 6.07) is 15.2. The van der Waals surface area contributed by atoms with Crippen molar-refractivity contribution < 1.29 is 49.8 Å². The summed E-state index contributed by atoms with van der Waals surface area (Å²) in [5.41, 5.74) is 6.86. The Kier molecular flexibility index (Phi) is 12.9. The van der Waals surface area contributed by atoms with Gasteiger partial charge in [-0.25, -0.2) is 13.2 Å². The number of likely N-dealkylation sites (tertiary alicyclic amines) is 1. The average molecular weight is 746 g/mol. The van der Waals surface area contributed by atoms with E-state index in [1.807, 2.05) is 4.72 Å². The third kappa shape index (κ3) is 10.4. The molecule has 1 aliphatic carbocycles. The smallest absolute Gasteiger partial charge is 0.490 e. The Morgan fingerprint density at radius 1 is 0.900 bits per heavy atom. The Hall–Kier alpha value is -3.79. The van der Waals surface area contributed by atoms with Crippen LogP contribution in [0.2, 0.25) is 5.02 Å². The van der Waals surface area contributed by atoms with E-state index in [1.165, 1.54) is 72.7 Å². The largest absolute Gasteiger partial charge is 0.493 e. The average Bonchev–Trinajstić information content (AvgIpc) is 3.53. The van der Waals surface area contributed by atoms with Crippen LogP contribution in [0.4, 0.5) is 22.0 Å². The lowest BCUT2D eigenvalue weighted by molar-refractivity contribution is -0.192. The van der Waals surface area contributed by atoms with Crippen molar-refractivity contribution >= 4 is 33.5 Å². The Morgan fingerprint density at radius 2 is 1.44 bits per heavy atom. The number of ether oxygens (including phenoxy) is 1. The van der Waals surface area contributed by atoms with Crippen LogP contribution in [0.3, 0.4) is 0 Å². The molecule has 4 N–H and O–H groups in total. The zero-order chi connectivity index (χ0) is 36.7. The zero-order valence-electron chi connectivity index (χ0n) is 26.7. The molecule has 272 valence electrons. The van der Waals surface area contributed by atoms with E-state index in [4.69, 9.17) is 32.0 Å². The lowest BCUT2D eigenvalue weighted by Gasteiger charge is -2.30. The molecule has 0 aromatic heterocycles. The molecule has 9 nitrogen and oxygen atoms in total. The van der Waals surface area contributed by atoms with Gasteiger partial charge in [-0.15, -0.1) is 0 Å². The van der Waals surface area contributed by atoms with Crippen LogP contribution in [0.1, 0.15) is 44.1 Å². The number of amides is 1. The number of carbonyl (C=O) groups excluding carboxylic acids is 1. The third-order valence-electron chi connectivity index (χ3n) is 8.45. The molecule has 1 heterocycles. The summed E-state index contributed by atoms with van der Waals surface area (Å²) < 4.78 is 98.7. The van der Waals surface area contributed by atoms with Crippen LogP contribution in [-0.4, -0.2) is 68.3 Å². The third-order valence-corrected chi connectivity index (χ3v) is 10.1. The number of benzene rings is 3. The molecule has 1 saturated carbocycles. The molecule has 2 aliphatic rings. The van der Waals surface area contributed by atoms with Crippen molar-refractivity contribution in [2.45, 2.75) is 67.6 Å². The van der Waals surface area contributed by atoms with Crippen LogP contribution in [0.5, 0.6) is 5.75 Å². The molecule has 0 unspecified atom stereocenters. The quantitative estimate of drug-likeness (QED) is 0.199. The Morgan fingerprint density at radius 3 is 1.94 bits per heavy atom. The first-order valence-electron chi connectivity index (χ1n) is 15.8. The first-order valence-corrected chi connectivity index (χ1v) is 17.7. The fourth-order valence-corrected chi connectivity index (χ4v) is 6.97. The van der Waals surface area contributed by atoms with E-state index in [1.54, 1.807) is 24.3 Å². The minimum atomic E-state index is -5.08. The van der Waals surface area contributed by atoms with Crippen molar-refractivity contribution in [3.05, 3.63) is 83.4 Å². The summed E-state index contributed by atoms with van der Waals surface area (Å²) in [6.07, 6.45) is 1.15. The Labute approximate surface area is 291 Å². The maximum Gasteiger partial charge on any atom is 0.490 e. The number of nitrogens with two attached hydrogens (primary N) is 1. The van der Waals surface area contributed by atoms with E-state index in [0.717, 1.165) is 18.4 Å². The highest BCUT2D eigenvalue weighted by atomic mass is 35.5. The van der Waals surface area contributed by atoms with Crippen LogP contribution < -0.4 is 15.2 Å². The van der Waals surface area contributed by atoms with Gasteiger partial charge in [0.25, 0.3) is 5.92 Å². The number of nitrogens with zero attached hydrogens (tertiary/aromatic N) is 1. The van der Waals surface area contributed by atoms with Gasteiger partial charge in [0.05, 0.1) is 11.5 Å². The van der Waals surface area contributed by atoms with Gasteiger partial charge < -0.3 is 20.5 Å². The summed E-state index contributed by atoms with van der Waals surface area (Å²) in [5.74, 6) is -6.71. The van der Waals surface area contributed by atoms with Crippen LogP contribution in [-0.2, 0) is 25.5 Å². The minimum absolute atomic E-state index is 0.0652. The molecule has 0 radical (unpaired) electrons. The highest BCUT2D eigenvalue weighted by molar-refractivity contribution is 7.89. The lowest BCUT2D eigenvalue weighted by Crippen LogP contribution is -2.56. The summed E-state index contributed by atoms with van der Waals surface area (Å²) in [5, 5.41) is 7.67. The highest BCUT2D eigenvalue weighted by Gasteiger charge is 2.50. The standard InChI is InChI=1S/C32H36ClF2N3O4S.C2HF3O2/c33-26-12-8-24(9-13-26)23-6-10-25(11-7-23)32(34,35)30(31(39)38-19-18-27(36)20-38)37-43(40,41)29-16-14-28(15-17-29)42-21-22-4-2-1-3-5-22;3-2(4,5)1(6)7/h6-17,22,27,30,37H,1-5,18-21,36H2;(H,6,7)/t27-,30-;/m0./s1. The number of carboxylic acids is 1. The number of carbonyl (C=O) groups is 2. The van der Waals surface area contributed by atoms with Gasteiger partial charge in [0, 0.05) is 29.7 Å². The Balaban J connectivity index is 0.000000727. The maximum absolute atomic E-state index is 16.2. The van der Waals surface area contributed by atoms with Crippen molar-refractivity contribution in [2.75, 3.05) is 19.7 Å². The van der Waals surface area contributed by atoms with E-state index in [0.29, 0.717) is 35.3 Å². The van der Waals surface area contributed by atoms with Crippen molar-refractivity contribution in [1.82, 2.24) is 9.62 Å². The lowest BCUT2D eigenvalue weighted by atomic mass is 9.90. The van der Waals surface area contributed by atoms with E-state index in [9.17, 15) is 26.4 Å². The zero-order valence-corrected chi connectivity index (χ0v) is 28.3. The number of nitrogens with one attached hydrogen (secondary N) is 1. The van der Waals surface area contributed by atoms with Gasteiger partial charge in [0.15, 0.2) is 6.04 Å². The number of hydrogen-bond donors (Lipinski definition) is 3. The molecule has 2 atom stereocenters. The van der Waals surface area contributed by atoms with Gasteiger partial charge in [0.1, 0.15) is 5.75 Å².